The Morgan fingerprint density at radius 2 is 2.00 bits per heavy atom. The molecular weight excluding hydrogens is 248 g/mol. The summed E-state index contributed by atoms with van der Waals surface area (Å²) in [5.74, 6) is -0.780. The van der Waals surface area contributed by atoms with E-state index in [1.54, 1.807) is 11.8 Å². The van der Waals surface area contributed by atoms with E-state index >= 15 is 0 Å². The van der Waals surface area contributed by atoms with Gasteiger partial charge in [-0.15, -0.1) is 0 Å². The monoisotopic (exact) mass is 272 g/mol. The number of carboxylic acid groups (broad SMARTS) is 1. The number of carbonyl (C=O) groups excluding carboxylic acids is 1. The largest absolute Gasteiger partial charge is 0.481 e. The zero-order chi connectivity index (χ0) is 14.5. The van der Waals surface area contributed by atoms with E-state index in [0.717, 1.165) is 0 Å². The lowest BCUT2D eigenvalue weighted by molar-refractivity contribution is -0.150. The van der Waals surface area contributed by atoms with Crippen LogP contribution in [0.4, 0.5) is 4.79 Å². The maximum atomic E-state index is 11.9. The standard InChI is InChI=1S/C13H24N2O4/c1-4-19-10(2)9-14-12(18)15-7-5-13(3,6-8-15)11(16)17/h10H,4-9H2,1-3H3,(H,14,18)(H,16,17). The molecule has 1 saturated heterocycles. The predicted octanol–water partition coefficient (Wildman–Crippen LogP) is 1.31. The molecule has 1 atom stereocenters. The van der Waals surface area contributed by atoms with Gasteiger partial charge in [0.25, 0.3) is 0 Å². The highest BCUT2D eigenvalue weighted by molar-refractivity contribution is 5.76. The summed E-state index contributed by atoms with van der Waals surface area (Å²) in [7, 11) is 0. The number of urea groups is 1. The van der Waals surface area contributed by atoms with E-state index < -0.39 is 11.4 Å². The first kappa shape index (κ1) is 15.8. The lowest BCUT2D eigenvalue weighted by atomic mass is 9.80. The van der Waals surface area contributed by atoms with Gasteiger partial charge in [-0.1, -0.05) is 0 Å². The molecule has 0 bridgehead atoms. The molecule has 1 fully saturated rings. The molecule has 6 heteroatoms. The van der Waals surface area contributed by atoms with E-state index in [1.165, 1.54) is 0 Å². The van der Waals surface area contributed by atoms with E-state index in [2.05, 4.69) is 5.32 Å². The van der Waals surface area contributed by atoms with Gasteiger partial charge in [0, 0.05) is 26.2 Å². The predicted molar refractivity (Wildman–Crippen MR) is 71.0 cm³/mol. The molecule has 0 aromatic carbocycles. The first-order valence-electron chi connectivity index (χ1n) is 6.77. The van der Waals surface area contributed by atoms with Crippen LogP contribution in [0.25, 0.3) is 0 Å². The summed E-state index contributed by atoms with van der Waals surface area (Å²) in [6.07, 6.45) is 0.982. The Kier molecular flexibility index (Phi) is 5.60. The third-order valence-electron chi connectivity index (χ3n) is 3.66. The van der Waals surface area contributed by atoms with Crippen LogP contribution in [0, 0.1) is 5.41 Å². The van der Waals surface area contributed by atoms with Gasteiger partial charge in [0.1, 0.15) is 0 Å². The number of nitrogens with zero attached hydrogens (tertiary/aromatic N) is 1. The second-order valence-electron chi connectivity index (χ2n) is 5.30. The van der Waals surface area contributed by atoms with Crippen molar-refractivity contribution in [2.45, 2.75) is 39.7 Å². The Labute approximate surface area is 114 Å². The Bertz CT molecular complexity index is 325. The van der Waals surface area contributed by atoms with Gasteiger partial charge in [-0.2, -0.15) is 0 Å². The molecule has 0 saturated carbocycles. The SMILES string of the molecule is CCOC(C)CNC(=O)N1CCC(C)(C(=O)O)CC1. The van der Waals surface area contributed by atoms with Crippen molar-refractivity contribution in [1.29, 1.82) is 0 Å². The summed E-state index contributed by atoms with van der Waals surface area (Å²) in [6.45, 7) is 7.62. The molecule has 6 nitrogen and oxygen atoms in total. The lowest BCUT2D eigenvalue weighted by Crippen LogP contribution is -2.49. The highest BCUT2D eigenvalue weighted by Crippen LogP contribution is 2.30. The molecule has 0 aromatic heterocycles. The molecule has 0 spiro atoms. The number of ether oxygens (including phenoxy) is 1. The summed E-state index contributed by atoms with van der Waals surface area (Å²) in [4.78, 5) is 24.7. The molecular formula is C13H24N2O4. The number of aliphatic carboxylic acids is 1. The molecule has 1 aliphatic rings. The summed E-state index contributed by atoms with van der Waals surface area (Å²) in [5.41, 5.74) is -0.699. The number of hydrogen-bond acceptors (Lipinski definition) is 3. The second kappa shape index (κ2) is 6.75. The second-order valence-corrected chi connectivity index (χ2v) is 5.30. The summed E-state index contributed by atoms with van der Waals surface area (Å²) < 4.78 is 5.33. The molecule has 2 N–H and O–H groups in total. The molecule has 0 aromatic rings. The zero-order valence-electron chi connectivity index (χ0n) is 11.9. The first-order valence-corrected chi connectivity index (χ1v) is 6.77. The van der Waals surface area contributed by atoms with Crippen LogP contribution in [-0.2, 0) is 9.53 Å². The van der Waals surface area contributed by atoms with Gasteiger partial charge in [-0.3, -0.25) is 4.79 Å². The average molecular weight is 272 g/mol. The van der Waals surface area contributed by atoms with Crippen molar-refractivity contribution >= 4 is 12.0 Å². The maximum Gasteiger partial charge on any atom is 0.317 e. The Morgan fingerprint density at radius 1 is 1.42 bits per heavy atom. The minimum absolute atomic E-state index is 0.0111. The normalized spacial score (nSPS) is 19.8. The fourth-order valence-electron chi connectivity index (χ4n) is 2.10. The fourth-order valence-corrected chi connectivity index (χ4v) is 2.10. The summed E-state index contributed by atoms with van der Waals surface area (Å²) in [6, 6.07) is -0.140. The Balaban J connectivity index is 2.35. The first-order chi connectivity index (χ1) is 8.89. The number of piperidine rings is 1. The van der Waals surface area contributed by atoms with Crippen molar-refractivity contribution in [3.05, 3.63) is 0 Å². The molecule has 0 radical (unpaired) electrons. The van der Waals surface area contributed by atoms with E-state index in [1.807, 2.05) is 13.8 Å². The molecule has 110 valence electrons. The van der Waals surface area contributed by atoms with E-state index in [0.29, 0.717) is 39.1 Å². The number of hydrogen-bond donors (Lipinski definition) is 2. The molecule has 1 heterocycles. The van der Waals surface area contributed by atoms with Crippen molar-refractivity contribution < 1.29 is 19.4 Å². The molecule has 2 amide bonds. The number of nitrogens with one attached hydrogen (secondary N) is 1. The number of carboxylic acids is 1. The molecule has 0 aliphatic carbocycles. The van der Waals surface area contributed by atoms with Gasteiger partial charge in [-0.25, -0.2) is 4.79 Å². The number of likely N-dealkylation sites (tertiary alicyclic amines) is 1. The molecule has 19 heavy (non-hydrogen) atoms. The van der Waals surface area contributed by atoms with Crippen molar-refractivity contribution in [3.63, 3.8) is 0 Å². The van der Waals surface area contributed by atoms with E-state index in [-0.39, 0.29) is 12.1 Å². The minimum Gasteiger partial charge on any atom is -0.481 e. The Morgan fingerprint density at radius 3 is 2.47 bits per heavy atom. The van der Waals surface area contributed by atoms with Crippen LogP contribution in [0.1, 0.15) is 33.6 Å². The van der Waals surface area contributed by atoms with Crippen LogP contribution in [0.2, 0.25) is 0 Å². The van der Waals surface area contributed by atoms with Crippen molar-refractivity contribution in [2.24, 2.45) is 5.41 Å². The van der Waals surface area contributed by atoms with Crippen molar-refractivity contribution in [2.75, 3.05) is 26.2 Å². The lowest BCUT2D eigenvalue weighted by Gasteiger charge is -2.36. The minimum atomic E-state index is -0.780. The zero-order valence-corrected chi connectivity index (χ0v) is 11.9. The topological polar surface area (TPSA) is 78.9 Å². The van der Waals surface area contributed by atoms with E-state index in [9.17, 15) is 9.59 Å². The number of amides is 2. The third-order valence-corrected chi connectivity index (χ3v) is 3.66. The van der Waals surface area contributed by atoms with Crippen molar-refractivity contribution in [3.8, 4) is 0 Å². The summed E-state index contributed by atoms with van der Waals surface area (Å²) >= 11 is 0. The van der Waals surface area contributed by atoms with Crippen molar-refractivity contribution in [1.82, 2.24) is 10.2 Å². The highest BCUT2D eigenvalue weighted by Gasteiger charge is 2.37. The van der Waals surface area contributed by atoms with Gasteiger partial charge >= 0.3 is 12.0 Å². The van der Waals surface area contributed by atoms with Crippen LogP contribution < -0.4 is 5.32 Å². The van der Waals surface area contributed by atoms with Gasteiger partial charge < -0.3 is 20.1 Å². The van der Waals surface area contributed by atoms with Gasteiger partial charge in [-0.05, 0) is 33.6 Å². The van der Waals surface area contributed by atoms with Crippen LogP contribution >= 0.6 is 0 Å². The van der Waals surface area contributed by atoms with Gasteiger partial charge in [0.2, 0.25) is 0 Å². The van der Waals surface area contributed by atoms with Crippen LogP contribution in [-0.4, -0.2) is 54.4 Å². The average Bonchev–Trinajstić information content (AvgIpc) is 2.37. The fraction of sp³-hybridized carbons (Fsp3) is 0.846. The van der Waals surface area contributed by atoms with E-state index in [4.69, 9.17) is 9.84 Å². The number of rotatable bonds is 5. The molecule has 1 unspecified atom stereocenters. The van der Waals surface area contributed by atoms with Crippen LogP contribution in [0.15, 0.2) is 0 Å². The van der Waals surface area contributed by atoms with Crippen LogP contribution in [0.5, 0.6) is 0 Å². The van der Waals surface area contributed by atoms with Crippen LogP contribution in [0.3, 0.4) is 0 Å². The number of carbonyl (C=O) groups is 2. The molecule has 1 rings (SSSR count). The summed E-state index contributed by atoms with van der Waals surface area (Å²) in [5, 5.41) is 11.9. The van der Waals surface area contributed by atoms with Gasteiger partial charge in [0.05, 0.1) is 11.5 Å². The third kappa shape index (κ3) is 4.38. The molecule has 1 aliphatic heterocycles. The smallest absolute Gasteiger partial charge is 0.317 e. The highest BCUT2D eigenvalue weighted by atomic mass is 16.5. The Hall–Kier alpha value is -1.30. The quantitative estimate of drug-likeness (QED) is 0.791. The maximum absolute atomic E-state index is 11.9. The van der Waals surface area contributed by atoms with Gasteiger partial charge in [0.15, 0.2) is 0 Å².